The van der Waals surface area contributed by atoms with Gasteiger partial charge in [0.1, 0.15) is 40.4 Å². The van der Waals surface area contributed by atoms with E-state index >= 15 is 26.3 Å². The molecule has 0 amide bonds. The van der Waals surface area contributed by atoms with Crippen LogP contribution in [0.1, 0.15) is 17.0 Å². The lowest BCUT2D eigenvalue weighted by Crippen LogP contribution is -2.64. The fourth-order valence-corrected chi connectivity index (χ4v) is 15.7. The second kappa shape index (κ2) is 26.6. The zero-order valence-corrected chi connectivity index (χ0v) is 56.3. The maximum atomic E-state index is 15.9. The number of halogens is 13. The summed E-state index contributed by atoms with van der Waals surface area (Å²) in [5.74, 6) is -9.22. The van der Waals surface area contributed by atoms with Crippen LogP contribution in [0.2, 0.25) is 20.1 Å². The van der Waals surface area contributed by atoms with Gasteiger partial charge in [-0.3, -0.25) is 9.97 Å². The number of nitrogens with zero attached hydrogens (tertiary/aromatic N) is 8. The van der Waals surface area contributed by atoms with E-state index in [0.29, 0.717) is 45.1 Å². The van der Waals surface area contributed by atoms with Crippen LogP contribution in [0.5, 0.6) is 5.75 Å². The first-order chi connectivity index (χ1) is 47.8. The summed E-state index contributed by atoms with van der Waals surface area (Å²) in [5.41, 5.74) is -3.34. The van der Waals surface area contributed by atoms with Gasteiger partial charge in [-0.25, -0.2) is 26.8 Å². The quantitative estimate of drug-likeness (QED) is 0.0479. The van der Waals surface area contributed by atoms with Gasteiger partial charge >= 0.3 is 55.8 Å². The van der Waals surface area contributed by atoms with E-state index in [1.54, 1.807) is 120 Å². The molecule has 1 N–H and O–H groups in total. The summed E-state index contributed by atoms with van der Waals surface area (Å²) < 4.78 is 215. The molecule has 4 aromatic heterocycles. The second-order valence-corrected chi connectivity index (χ2v) is 29.2. The van der Waals surface area contributed by atoms with E-state index in [4.69, 9.17) is 66.3 Å². The van der Waals surface area contributed by atoms with Crippen molar-refractivity contribution in [2.75, 3.05) is 0 Å². The van der Waals surface area contributed by atoms with Gasteiger partial charge in [0.05, 0.1) is 65.2 Å². The minimum Gasteiger partial charge on any atom is -0.378 e. The first kappa shape index (κ1) is 71.1. The summed E-state index contributed by atoms with van der Waals surface area (Å²) in [5, 5.41) is 10.0. The molecule has 0 radical (unpaired) electrons. The molecule has 16 nitrogen and oxygen atoms in total. The highest BCUT2D eigenvalue weighted by molar-refractivity contribution is 8.05. The van der Waals surface area contributed by atoms with Crippen molar-refractivity contribution in [2.24, 2.45) is 0 Å². The van der Waals surface area contributed by atoms with E-state index in [2.05, 4.69) is 16.3 Å². The Morgan fingerprint density at radius 2 is 0.851 bits per heavy atom. The van der Waals surface area contributed by atoms with E-state index in [1.165, 1.54) is 36.7 Å². The lowest BCUT2D eigenvalue weighted by atomic mass is 9.50. The van der Waals surface area contributed by atoms with Crippen molar-refractivity contribution < 1.29 is 69.0 Å². The van der Waals surface area contributed by atoms with Crippen LogP contribution in [0, 0.1) is 29.6 Å². The normalized spacial score (nSPS) is 13.2. The van der Waals surface area contributed by atoms with E-state index in [9.17, 15) is 48.9 Å². The number of rotatable bonds is 18. The number of aryl methyl sites for hydroxylation is 1. The molecule has 0 aliphatic heterocycles. The minimum atomic E-state index is -8.14. The lowest BCUT2D eigenvalue weighted by molar-refractivity contribution is -0.245. The van der Waals surface area contributed by atoms with Crippen LogP contribution in [0.15, 0.2) is 207 Å². The summed E-state index contributed by atoms with van der Waals surface area (Å²) in [4.78, 5) is 19.4. The molecule has 0 spiro atoms. The highest BCUT2D eigenvalue weighted by atomic mass is 35.5. The average Bonchev–Trinajstić information content (AvgIpc) is 1.55. The lowest BCUT2D eigenvalue weighted by Gasteiger charge is -2.31. The van der Waals surface area contributed by atoms with Crippen LogP contribution < -0.4 is 40.9 Å². The second-order valence-electron chi connectivity index (χ2n) is 22.3. The smallest absolute Gasteiger partial charge is 0.378 e. The fraction of sp³-hybridized carbons (Fsp3) is 0.0746. The maximum Gasteiger partial charge on any atom is 0.512 e. The van der Waals surface area contributed by atoms with Crippen molar-refractivity contribution in [1.29, 1.82) is 10.5 Å². The number of nitrogens with one attached hydrogen (secondary N) is 1. The van der Waals surface area contributed by atoms with Crippen LogP contribution in [0.4, 0.5) is 39.5 Å². The van der Waals surface area contributed by atoms with E-state index in [1.807, 2.05) is 41.7 Å². The molecule has 0 saturated heterocycles. The molecule has 508 valence electrons. The van der Waals surface area contributed by atoms with Gasteiger partial charge in [0.15, 0.2) is 0 Å². The van der Waals surface area contributed by atoms with Crippen LogP contribution >= 0.6 is 46.4 Å². The van der Waals surface area contributed by atoms with Gasteiger partial charge in [-0.2, -0.15) is 58.5 Å². The van der Waals surface area contributed by atoms with Crippen molar-refractivity contribution in [3.63, 3.8) is 0 Å². The molecule has 0 saturated carbocycles. The third-order valence-corrected chi connectivity index (χ3v) is 22.2. The zero-order chi connectivity index (χ0) is 72.5. The van der Waals surface area contributed by atoms with Gasteiger partial charge in [0.2, 0.25) is 0 Å². The van der Waals surface area contributed by atoms with Crippen molar-refractivity contribution >= 4 is 156 Å². The summed E-state index contributed by atoms with van der Waals surface area (Å²) >= 11 is 26.2. The predicted octanol–water partition coefficient (Wildman–Crippen LogP) is 11.6. The monoisotopic (exact) mass is 1510 g/mol. The summed E-state index contributed by atoms with van der Waals surface area (Å²) in [6, 6.07) is 56.2. The number of hydrogen-bond donors (Lipinski definition) is 1. The molecule has 0 aliphatic rings. The largest absolute Gasteiger partial charge is 0.512 e. The predicted molar refractivity (Wildman–Crippen MR) is 368 cm³/mol. The van der Waals surface area contributed by atoms with Crippen molar-refractivity contribution in [1.82, 2.24) is 33.0 Å². The number of sulfonamides is 2. The number of hydrogen-bond acceptors (Lipinski definition) is 13. The summed E-state index contributed by atoms with van der Waals surface area (Å²) in [6.45, 7) is -0.373. The average molecular weight is 1510 g/mol. The number of aromatic nitrogens is 6. The number of nitriles is 2. The topological polar surface area (TPSA) is 233 Å². The molecule has 0 aliphatic carbocycles. The van der Waals surface area contributed by atoms with Gasteiger partial charge < -0.3 is 13.1 Å². The number of benzene rings is 8. The molecular weight excluding hydrogens is 1470 g/mol. The van der Waals surface area contributed by atoms with Crippen molar-refractivity contribution in [2.45, 2.75) is 28.9 Å². The molecule has 0 bridgehead atoms. The number of fused-ring (bicyclic) bond motifs is 3. The van der Waals surface area contributed by atoms with Crippen molar-refractivity contribution in [3.05, 3.63) is 254 Å². The van der Waals surface area contributed by atoms with Crippen molar-refractivity contribution in [3.8, 4) is 40.4 Å². The molecular formula is C67H38B2Cl4F9N9O7S3. The summed E-state index contributed by atoms with van der Waals surface area (Å²) in [7, 11) is -23.4. The van der Waals surface area contributed by atoms with E-state index in [-0.39, 0.29) is 103 Å². The highest BCUT2D eigenvalue weighted by Gasteiger charge is 2.83. The molecule has 0 unspecified atom stereocenters. The maximum absolute atomic E-state index is 15.9. The molecule has 34 heteroatoms. The Hall–Kier alpha value is -9.75. The molecule has 101 heavy (non-hydrogen) atoms. The third kappa shape index (κ3) is 12.5. The Morgan fingerprint density at radius 3 is 1.24 bits per heavy atom. The molecule has 4 heterocycles. The van der Waals surface area contributed by atoms with Crippen LogP contribution in [0.25, 0.3) is 66.5 Å². The van der Waals surface area contributed by atoms with E-state index in [0.717, 1.165) is 12.1 Å². The Balaban J connectivity index is 1.30. The van der Waals surface area contributed by atoms with Crippen LogP contribution in [-0.4, -0.2) is 89.8 Å². The molecule has 0 atom stereocenters. The fourth-order valence-electron chi connectivity index (χ4n) is 11.6. The van der Waals surface area contributed by atoms with Crippen LogP contribution in [-0.2, 0) is 30.2 Å². The van der Waals surface area contributed by atoms with Crippen LogP contribution in [0.3, 0.4) is 0 Å². The SMILES string of the molecule is Cc1ccccc1-c1c2/c(=C(\C#N)c3cnc4cc(Cl)c(Cl)cc4n3)n(B(c3ccccc3)c3ccccc3)c(-c3ccc(OS(=O)(=O)C(F)(F)C(F)(F)C(F)(F)S(=O)(=O)NS(=O)(=O)C(F)(F)F)cc3)c2/c(=C(\C#N)c2cnc3cc(Cl)c(Cl)cc3n2)n1B(c1ccccc1)c1ccccc1. The van der Waals surface area contributed by atoms with Gasteiger partial charge in [0, 0.05) is 27.7 Å². The Bertz CT molecular complexity index is 5740. The standard InChI is InChI=1S/C67H38B2Cl4F9N9O7S3/c1-38-16-14-15-25-45(38)61-59-58(62(46(34-83)56-36-85-52-30-48(70)50(72)32-54(52)87-56)91(61)69(42-21-10-4-11-22-42)43-23-12-5-13-24-43)60(39-26-28-44(29-27-39)98-101(96,97)66(78,79)64(74,75)65(76,77)99(92,93)89-100(94,95)67(80,81)82)90(68(40-17-6-2-7-18-40)41-19-8-3-9-20-41)63(59)47(35-84)57-37-86-53-31-49(71)51(73)33-55(53)88-57/h2-33,36-37,89H,1H3/b62-46-,63-47-. The zero-order valence-electron chi connectivity index (χ0n) is 50.9. The Kier molecular flexibility index (Phi) is 18.8. The van der Waals surface area contributed by atoms with E-state index < -0.39 is 75.7 Å². The van der Waals surface area contributed by atoms with Gasteiger partial charge in [-0.15, -0.1) is 0 Å². The minimum absolute atomic E-state index is 0.00327. The molecule has 8 aromatic carbocycles. The molecule has 0 fully saturated rings. The molecule has 12 rings (SSSR count). The Labute approximate surface area is 588 Å². The summed E-state index contributed by atoms with van der Waals surface area (Å²) in [6.07, 6.45) is 2.62. The Morgan fingerprint density at radius 1 is 0.485 bits per heavy atom. The number of alkyl halides is 9. The first-order valence-electron chi connectivity index (χ1n) is 29.1. The van der Waals surface area contributed by atoms with Gasteiger partial charge in [0.25, 0.3) is 10.0 Å². The third-order valence-electron chi connectivity index (χ3n) is 16.2. The highest BCUT2D eigenvalue weighted by Crippen LogP contribution is 2.52. The van der Waals surface area contributed by atoms with Gasteiger partial charge in [-0.1, -0.05) is 218 Å². The molecule has 12 aromatic rings. The first-order valence-corrected chi connectivity index (χ1v) is 35.0. The van der Waals surface area contributed by atoms with Gasteiger partial charge in [-0.05, 0) is 66.6 Å².